The first kappa shape index (κ1) is 24.1. The van der Waals surface area contributed by atoms with E-state index in [-0.39, 0.29) is 0 Å². The Morgan fingerprint density at radius 1 is 0.537 bits per heavy atom. The lowest BCUT2D eigenvalue weighted by Crippen LogP contribution is -2.00. The molecule has 0 saturated carbocycles. The van der Waals surface area contributed by atoms with Crippen LogP contribution < -0.4 is 0 Å². The third-order valence-corrected chi connectivity index (χ3v) is 8.81. The Balaban J connectivity index is 1.21. The van der Waals surface area contributed by atoms with E-state index in [0.717, 1.165) is 48.3 Å². The van der Waals surface area contributed by atoms with Crippen molar-refractivity contribution in [2.24, 2.45) is 0 Å². The van der Waals surface area contributed by atoms with Gasteiger partial charge in [-0.25, -0.2) is 19.9 Å². The van der Waals surface area contributed by atoms with Gasteiger partial charge in [0.25, 0.3) is 0 Å². The predicted octanol–water partition coefficient (Wildman–Crippen LogP) is 9.55. The van der Waals surface area contributed by atoms with Crippen LogP contribution in [0.4, 0.5) is 0 Å². The number of nitrogens with zero attached hydrogens (tertiary/aromatic N) is 4. The van der Waals surface area contributed by atoms with Gasteiger partial charge in [-0.1, -0.05) is 101 Å². The van der Waals surface area contributed by atoms with Crippen LogP contribution in [0, 0.1) is 0 Å². The van der Waals surface area contributed by atoms with Gasteiger partial charge in [-0.2, -0.15) is 0 Å². The van der Waals surface area contributed by atoms with Crippen LogP contribution in [0.1, 0.15) is 0 Å². The van der Waals surface area contributed by atoms with E-state index in [1.807, 2.05) is 54.6 Å². The van der Waals surface area contributed by atoms with Gasteiger partial charge in [0, 0.05) is 43.0 Å². The molecule has 0 unspecified atom stereocenters. The molecule has 41 heavy (non-hydrogen) atoms. The lowest BCUT2D eigenvalue weighted by Gasteiger charge is -2.09. The van der Waals surface area contributed by atoms with E-state index in [4.69, 9.17) is 19.9 Å². The van der Waals surface area contributed by atoms with Crippen molar-refractivity contribution in [2.75, 3.05) is 0 Å². The molecule has 0 radical (unpaired) electrons. The molecule has 0 amide bonds. The highest BCUT2D eigenvalue weighted by atomic mass is 79.9. The van der Waals surface area contributed by atoms with Crippen LogP contribution in [0.5, 0.6) is 0 Å². The van der Waals surface area contributed by atoms with Crippen LogP contribution in [0.3, 0.4) is 0 Å². The number of halogens is 1. The number of rotatable bonds is 4. The molecule has 5 nitrogen and oxygen atoms in total. The Kier molecular flexibility index (Phi) is 5.72. The molecular formula is C34H20BrN5S. The molecule has 0 spiro atoms. The van der Waals surface area contributed by atoms with Gasteiger partial charge in [-0.05, 0) is 30.3 Å². The molecule has 8 rings (SSSR count). The van der Waals surface area contributed by atoms with Crippen molar-refractivity contribution in [3.05, 3.63) is 120 Å². The molecule has 194 valence electrons. The zero-order chi connectivity index (χ0) is 27.3. The quantitative estimate of drug-likeness (QED) is 0.216. The molecule has 0 aliphatic heterocycles. The summed E-state index contributed by atoms with van der Waals surface area (Å²) in [5, 5.41) is 3.44. The van der Waals surface area contributed by atoms with Crippen LogP contribution in [0.25, 0.3) is 76.8 Å². The molecule has 0 saturated heterocycles. The zero-order valence-electron chi connectivity index (χ0n) is 21.5. The molecule has 0 fully saturated rings. The van der Waals surface area contributed by atoms with E-state index in [1.54, 1.807) is 11.3 Å². The first-order valence-corrected chi connectivity index (χ1v) is 14.8. The van der Waals surface area contributed by atoms with Crippen LogP contribution in [0.15, 0.2) is 120 Å². The number of para-hydroxylation sites is 1. The van der Waals surface area contributed by atoms with Crippen LogP contribution in [0.2, 0.25) is 0 Å². The second-order valence-corrected chi connectivity index (χ2v) is 11.7. The number of H-pyrrole nitrogens is 1. The first-order valence-electron chi connectivity index (χ1n) is 13.2. The molecule has 3 aromatic heterocycles. The summed E-state index contributed by atoms with van der Waals surface area (Å²) in [5.74, 6) is 1.90. The van der Waals surface area contributed by atoms with Gasteiger partial charge in [0.2, 0.25) is 0 Å². The van der Waals surface area contributed by atoms with Gasteiger partial charge in [-0.3, -0.25) is 0 Å². The molecule has 8 aromatic rings. The minimum Gasteiger partial charge on any atom is -0.353 e. The average molecular weight is 611 g/mol. The van der Waals surface area contributed by atoms with Crippen molar-refractivity contribution in [3.8, 4) is 44.7 Å². The van der Waals surface area contributed by atoms with Crippen LogP contribution >= 0.6 is 27.3 Å². The summed E-state index contributed by atoms with van der Waals surface area (Å²) in [6.07, 6.45) is 0. The number of hydrogen-bond donors (Lipinski definition) is 1. The summed E-state index contributed by atoms with van der Waals surface area (Å²) in [6, 6.07) is 39.1. The fraction of sp³-hybridized carbons (Fsp3) is 0. The summed E-state index contributed by atoms with van der Waals surface area (Å²) in [6.45, 7) is 0. The Morgan fingerprint density at radius 3 is 1.98 bits per heavy atom. The first-order chi connectivity index (χ1) is 20.2. The Morgan fingerprint density at radius 2 is 1.20 bits per heavy atom. The maximum atomic E-state index is 4.97. The van der Waals surface area contributed by atoms with Gasteiger partial charge >= 0.3 is 0 Å². The normalized spacial score (nSPS) is 11.5. The molecule has 3 heterocycles. The standard InChI is InChI=1S/C34H20BrN5S/c35-24-10-6-9-23(19-24)33-39-31(20-7-2-1-3-8-20)38-32(40-33)21-13-15-22(16-14-21)34-37-28-18-17-26-25-11-4-5-12-27(25)36-29(26)30(28)41-34/h1-19,36H. The molecule has 0 atom stereocenters. The monoisotopic (exact) mass is 609 g/mol. The molecular weight excluding hydrogens is 590 g/mol. The van der Waals surface area contributed by atoms with Gasteiger partial charge < -0.3 is 4.98 Å². The summed E-state index contributed by atoms with van der Waals surface area (Å²) in [4.78, 5) is 23.1. The van der Waals surface area contributed by atoms with Crippen molar-refractivity contribution in [3.63, 3.8) is 0 Å². The Hall–Kier alpha value is -4.72. The zero-order valence-corrected chi connectivity index (χ0v) is 23.9. The van der Waals surface area contributed by atoms with Crippen molar-refractivity contribution in [2.45, 2.75) is 0 Å². The van der Waals surface area contributed by atoms with Crippen LogP contribution in [-0.2, 0) is 0 Å². The fourth-order valence-corrected chi connectivity index (χ4v) is 6.64. The maximum absolute atomic E-state index is 4.97. The summed E-state index contributed by atoms with van der Waals surface area (Å²) in [7, 11) is 0. The number of hydrogen-bond acceptors (Lipinski definition) is 5. The van der Waals surface area contributed by atoms with Crippen molar-refractivity contribution >= 4 is 59.3 Å². The lowest BCUT2D eigenvalue weighted by molar-refractivity contribution is 1.07. The molecule has 1 N–H and O–H groups in total. The second-order valence-electron chi connectivity index (χ2n) is 9.79. The number of benzene rings is 5. The maximum Gasteiger partial charge on any atom is 0.164 e. The summed E-state index contributed by atoms with van der Waals surface area (Å²) < 4.78 is 2.14. The predicted molar refractivity (Wildman–Crippen MR) is 172 cm³/mol. The fourth-order valence-electron chi connectivity index (χ4n) is 5.17. The highest BCUT2D eigenvalue weighted by Gasteiger charge is 2.15. The average Bonchev–Trinajstić information content (AvgIpc) is 3.63. The van der Waals surface area contributed by atoms with Gasteiger partial charge in [-0.15, -0.1) is 11.3 Å². The minimum absolute atomic E-state index is 0.629. The van der Waals surface area contributed by atoms with E-state index in [9.17, 15) is 0 Å². The van der Waals surface area contributed by atoms with Crippen molar-refractivity contribution in [1.29, 1.82) is 0 Å². The lowest BCUT2D eigenvalue weighted by atomic mass is 10.1. The SMILES string of the molecule is Brc1cccc(-c2nc(-c3ccccc3)nc(-c3ccc(-c4nc5ccc6c7ccccc7[nH]c6c5s4)cc3)n2)c1. The topological polar surface area (TPSA) is 67.3 Å². The number of fused-ring (bicyclic) bond motifs is 5. The number of aromatic nitrogens is 5. The van der Waals surface area contributed by atoms with E-state index >= 15 is 0 Å². The highest BCUT2D eigenvalue weighted by Crippen LogP contribution is 2.38. The van der Waals surface area contributed by atoms with E-state index in [2.05, 4.69) is 81.6 Å². The smallest absolute Gasteiger partial charge is 0.164 e. The van der Waals surface area contributed by atoms with Crippen molar-refractivity contribution in [1.82, 2.24) is 24.9 Å². The Bertz CT molecular complexity index is 2220. The van der Waals surface area contributed by atoms with Gasteiger partial charge in [0.1, 0.15) is 5.01 Å². The molecule has 5 aromatic carbocycles. The minimum atomic E-state index is 0.629. The third-order valence-electron chi connectivity index (χ3n) is 7.17. The largest absolute Gasteiger partial charge is 0.353 e. The summed E-state index contributed by atoms with van der Waals surface area (Å²) in [5.41, 5.74) is 7.13. The molecule has 0 bridgehead atoms. The van der Waals surface area contributed by atoms with Gasteiger partial charge in [0.15, 0.2) is 17.5 Å². The Labute approximate surface area is 247 Å². The number of aromatic amines is 1. The van der Waals surface area contributed by atoms with Gasteiger partial charge in [0.05, 0.1) is 15.7 Å². The number of nitrogens with one attached hydrogen (secondary N) is 1. The second kappa shape index (κ2) is 9.73. The summed E-state index contributed by atoms with van der Waals surface area (Å²) >= 11 is 5.28. The van der Waals surface area contributed by atoms with Crippen LogP contribution in [-0.4, -0.2) is 24.9 Å². The third kappa shape index (κ3) is 4.30. The number of thiazole rings is 1. The molecule has 7 heteroatoms. The molecule has 0 aliphatic carbocycles. The highest BCUT2D eigenvalue weighted by molar-refractivity contribution is 9.10. The van der Waals surface area contributed by atoms with E-state index in [1.165, 1.54) is 15.5 Å². The van der Waals surface area contributed by atoms with Crippen molar-refractivity contribution < 1.29 is 0 Å². The molecule has 0 aliphatic rings. The van der Waals surface area contributed by atoms with E-state index in [0.29, 0.717) is 17.5 Å². The van der Waals surface area contributed by atoms with E-state index < -0.39 is 0 Å².